The second-order valence-electron chi connectivity index (χ2n) is 4.62. The van der Waals surface area contributed by atoms with Gasteiger partial charge in [0.05, 0.1) is 5.56 Å². The molecule has 0 saturated carbocycles. The summed E-state index contributed by atoms with van der Waals surface area (Å²) in [4.78, 5) is 18.8. The first-order valence-corrected chi connectivity index (χ1v) is 6.43. The summed E-state index contributed by atoms with van der Waals surface area (Å²) < 4.78 is 0. The van der Waals surface area contributed by atoms with E-state index in [4.69, 9.17) is 11.6 Å². The van der Waals surface area contributed by atoms with Crippen LogP contribution in [0, 0.1) is 0 Å². The summed E-state index contributed by atoms with van der Waals surface area (Å²) in [6.45, 7) is 0. The molecule has 1 aliphatic carbocycles. The van der Waals surface area contributed by atoms with Crippen molar-refractivity contribution >= 4 is 23.8 Å². The third-order valence-corrected chi connectivity index (χ3v) is 3.48. The Bertz CT molecular complexity index is 613. The minimum atomic E-state index is 0.274. The van der Waals surface area contributed by atoms with Gasteiger partial charge in [0.1, 0.15) is 0 Å². The maximum Gasteiger partial charge on any atom is 0.222 e. The third kappa shape index (κ3) is 2.58. The largest absolute Gasteiger partial charge is 0.351 e. The fraction of sp³-hybridized carbons (Fsp3) is 0.214. The van der Waals surface area contributed by atoms with Gasteiger partial charge in [-0.05, 0) is 36.1 Å². The van der Waals surface area contributed by atoms with Crippen molar-refractivity contribution in [3.63, 3.8) is 0 Å². The van der Waals surface area contributed by atoms with Crippen LogP contribution in [-0.2, 0) is 12.8 Å². The number of carbonyl (C=O) groups is 1. The molecule has 1 atom stereocenters. The minimum absolute atomic E-state index is 0.274. The molecular weight excluding hydrogens is 262 g/mol. The minimum Gasteiger partial charge on any atom is -0.351 e. The molecule has 19 heavy (non-hydrogen) atoms. The molecule has 0 saturated heterocycles. The van der Waals surface area contributed by atoms with Crippen molar-refractivity contribution in [1.82, 2.24) is 9.97 Å². The third-order valence-electron chi connectivity index (χ3n) is 3.24. The summed E-state index contributed by atoms with van der Waals surface area (Å²) >= 11 is 5.99. The van der Waals surface area contributed by atoms with Crippen molar-refractivity contribution in [1.29, 1.82) is 0 Å². The molecule has 4 nitrogen and oxygen atoms in total. The van der Waals surface area contributed by atoms with Crippen LogP contribution in [0.3, 0.4) is 0 Å². The predicted octanol–water partition coefficient (Wildman–Crippen LogP) is 2.52. The van der Waals surface area contributed by atoms with Gasteiger partial charge in [-0.15, -0.1) is 0 Å². The molecule has 96 valence electrons. The van der Waals surface area contributed by atoms with Crippen LogP contribution in [0.1, 0.15) is 21.5 Å². The SMILES string of the molecule is O=Cc1cnc(NC2Cc3ccc(Cl)cc3C2)nc1. The van der Waals surface area contributed by atoms with E-state index in [1.165, 1.54) is 23.5 Å². The van der Waals surface area contributed by atoms with Crippen molar-refractivity contribution in [2.45, 2.75) is 18.9 Å². The van der Waals surface area contributed by atoms with Crippen molar-refractivity contribution < 1.29 is 4.79 Å². The second kappa shape index (κ2) is 4.97. The lowest BCUT2D eigenvalue weighted by atomic mass is 10.1. The van der Waals surface area contributed by atoms with Gasteiger partial charge in [0.25, 0.3) is 0 Å². The second-order valence-corrected chi connectivity index (χ2v) is 5.06. The highest BCUT2D eigenvalue weighted by Gasteiger charge is 2.21. The van der Waals surface area contributed by atoms with Crippen molar-refractivity contribution in [2.24, 2.45) is 0 Å². The molecule has 0 bridgehead atoms. The van der Waals surface area contributed by atoms with Crippen LogP contribution in [0.25, 0.3) is 0 Å². The van der Waals surface area contributed by atoms with Crippen molar-refractivity contribution in [3.8, 4) is 0 Å². The van der Waals surface area contributed by atoms with Crippen LogP contribution in [0.15, 0.2) is 30.6 Å². The molecular formula is C14H12ClN3O. The summed E-state index contributed by atoms with van der Waals surface area (Å²) in [5.74, 6) is 0.550. The van der Waals surface area contributed by atoms with Crippen molar-refractivity contribution in [2.75, 3.05) is 5.32 Å². The quantitative estimate of drug-likeness (QED) is 0.873. The van der Waals surface area contributed by atoms with Gasteiger partial charge in [-0.1, -0.05) is 17.7 Å². The van der Waals surface area contributed by atoms with Gasteiger partial charge >= 0.3 is 0 Å². The van der Waals surface area contributed by atoms with Gasteiger partial charge in [0, 0.05) is 23.5 Å². The number of nitrogens with zero attached hydrogens (tertiary/aromatic N) is 2. The number of nitrogens with one attached hydrogen (secondary N) is 1. The number of halogens is 1. The highest BCUT2D eigenvalue weighted by Crippen LogP contribution is 2.26. The molecule has 1 aromatic heterocycles. The smallest absolute Gasteiger partial charge is 0.222 e. The summed E-state index contributed by atoms with van der Waals surface area (Å²) in [5, 5.41) is 4.05. The lowest BCUT2D eigenvalue weighted by Crippen LogP contribution is -2.21. The Hall–Kier alpha value is -1.94. The summed E-state index contributed by atoms with van der Waals surface area (Å²) in [7, 11) is 0. The van der Waals surface area contributed by atoms with Crippen LogP contribution in [0.2, 0.25) is 5.02 Å². The number of hydrogen-bond donors (Lipinski definition) is 1. The van der Waals surface area contributed by atoms with Crippen LogP contribution in [0.5, 0.6) is 0 Å². The highest BCUT2D eigenvalue weighted by atomic mass is 35.5. The topological polar surface area (TPSA) is 54.9 Å². The molecule has 1 heterocycles. The Kier molecular flexibility index (Phi) is 3.17. The van der Waals surface area contributed by atoms with E-state index in [0.29, 0.717) is 11.5 Å². The molecule has 0 spiro atoms. The van der Waals surface area contributed by atoms with Crippen LogP contribution in [-0.4, -0.2) is 22.3 Å². The van der Waals surface area contributed by atoms with Gasteiger partial charge in [0.2, 0.25) is 5.95 Å². The molecule has 0 radical (unpaired) electrons. The standard InChI is InChI=1S/C14H12ClN3O/c15-12-2-1-10-4-13(5-11(10)3-12)18-14-16-6-9(8-19)7-17-14/h1-3,6-8,13H,4-5H2,(H,16,17,18). The molecule has 1 N–H and O–H groups in total. The summed E-state index contributed by atoms with van der Waals surface area (Å²) in [6, 6.07) is 6.26. The zero-order chi connectivity index (χ0) is 13.2. The Labute approximate surface area is 115 Å². The number of fused-ring (bicyclic) bond motifs is 1. The molecule has 1 unspecified atom stereocenters. The number of anilines is 1. The first-order chi connectivity index (χ1) is 9.24. The van der Waals surface area contributed by atoms with Crippen LogP contribution >= 0.6 is 11.6 Å². The molecule has 1 aromatic carbocycles. The molecule has 0 aliphatic heterocycles. The molecule has 3 rings (SSSR count). The maximum atomic E-state index is 10.5. The van der Waals surface area contributed by atoms with E-state index in [1.807, 2.05) is 12.1 Å². The molecule has 5 heteroatoms. The Balaban J connectivity index is 1.71. The fourth-order valence-electron chi connectivity index (χ4n) is 2.34. The van der Waals surface area contributed by atoms with E-state index >= 15 is 0 Å². The predicted molar refractivity (Wildman–Crippen MR) is 73.7 cm³/mol. The van der Waals surface area contributed by atoms with Gasteiger partial charge < -0.3 is 5.32 Å². The molecule has 2 aromatic rings. The number of aromatic nitrogens is 2. The summed E-state index contributed by atoms with van der Waals surface area (Å²) in [5.41, 5.74) is 3.06. The van der Waals surface area contributed by atoms with Gasteiger partial charge in [-0.2, -0.15) is 0 Å². The number of rotatable bonds is 3. The van der Waals surface area contributed by atoms with E-state index in [-0.39, 0.29) is 6.04 Å². The normalized spacial score (nSPS) is 17.0. The highest BCUT2D eigenvalue weighted by molar-refractivity contribution is 6.30. The zero-order valence-corrected chi connectivity index (χ0v) is 10.9. The Morgan fingerprint density at radius 3 is 2.68 bits per heavy atom. The first-order valence-electron chi connectivity index (χ1n) is 6.05. The lowest BCUT2D eigenvalue weighted by Gasteiger charge is -2.11. The van der Waals surface area contributed by atoms with Gasteiger partial charge in [-0.3, -0.25) is 4.79 Å². The first kappa shape index (κ1) is 12.1. The maximum absolute atomic E-state index is 10.5. The average molecular weight is 274 g/mol. The van der Waals surface area contributed by atoms with Gasteiger partial charge in [0.15, 0.2) is 6.29 Å². The van der Waals surface area contributed by atoms with E-state index in [9.17, 15) is 4.79 Å². The zero-order valence-electron chi connectivity index (χ0n) is 10.1. The Morgan fingerprint density at radius 2 is 1.95 bits per heavy atom. The molecule has 0 amide bonds. The van der Waals surface area contributed by atoms with Crippen molar-refractivity contribution in [3.05, 3.63) is 52.3 Å². The van der Waals surface area contributed by atoms with E-state index in [2.05, 4.69) is 21.4 Å². The van der Waals surface area contributed by atoms with Gasteiger partial charge in [-0.25, -0.2) is 9.97 Å². The number of carbonyl (C=O) groups excluding carboxylic acids is 1. The van der Waals surface area contributed by atoms with Crippen LogP contribution < -0.4 is 5.32 Å². The number of benzene rings is 1. The molecule has 0 fully saturated rings. The van der Waals surface area contributed by atoms with E-state index < -0.39 is 0 Å². The average Bonchev–Trinajstić information content (AvgIpc) is 2.81. The Morgan fingerprint density at radius 1 is 1.21 bits per heavy atom. The summed E-state index contributed by atoms with van der Waals surface area (Å²) in [6.07, 6.45) is 5.61. The van der Waals surface area contributed by atoms with E-state index in [0.717, 1.165) is 24.2 Å². The monoisotopic (exact) mass is 273 g/mol. The number of aldehydes is 1. The molecule has 1 aliphatic rings. The lowest BCUT2D eigenvalue weighted by molar-refractivity contribution is 0.112. The van der Waals surface area contributed by atoms with Crippen LogP contribution in [0.4, 0.5) is 5.95 Å². The number of hydrogen-bond acceptors (Lipinski definition) is 4. The van der Waals surface area contributed by atoms with E-state index in [1.54, 1.807) is 0 Å². The fourth-order valence-corrected chi connectivity index (χ4v) is 2.54.